The highest BCUT2D eigenvalue weighted by Crippen LogP contribution is 2.16. The lowest BCUT2D eigenvalue weighted by atomic mass is 10.2. The van der Waals surface area contributed by atoms with Gasteiger partial charge in [-0.25, -0.2) is 4.99 Å². The van der Waals surface area contributed by atoms with Crippen molar-refractivity contribution in [1.82, 2.24) is 5.43 Å². The summed E-state index contributed by atoms with van der Waals surface area (Å²) in [4.78, 5) is 15.4. The van der Waals surface area contributed by atoms with Crippen molar-refractivity contribution in [3.05, 3.63) is 34.9 Å². The second kappa shape index (κ2) is 6.22. The molecule has 1 amide bonds. The first-order valence-corrected chi connectivity index (χ1v) is 7.05. The summed E-state index contributed by atoms with van der Waals surface area (Å²) in [5, 5.41) is 2.58. The molecule has 0 aliphatic carbocycles. The van der Waals surface area contributed by atoms with Crippen LogP contribution in [0.15, 0.2) is 29.3 Å². The van der Waals surface area contributed by atoms with Crippen LogP contribution in [0.4, 0.5) is 0 Å². The number of nitrogens with zero attached hydrogens (tertiary/aromatic N) is 1. The Morgan fingerprint density at radius 2 is 2.44 bits per heavy atom. The molecule has 2 N–H and O–H groups in total. The predicted octanol–water partition coefficient (Wildman–Crippen LogP) is 0.879. The van der Waals surface area contributed by atoms with Crippen molar-refractivity contribution in [2.24, 2.45) is 4.99 Å². The summed E-state index contributed by atoms with van der Waals surface area (Å²) in [6.45, 7) is 0.758. The van der Waals surface area contributed by atoms with Crippen molar-refractivity contribution in [3.8, 4) is 0 Å². The van der Waals surface area contributed by atoms with Gasteiger partial charge in [-0.3, -0.25) is 4.79 Å². The van der Waals surface area contributed by atoms with E-state index in [1.165, 1.54) is 0 Å². The lowest BCUT2D eigenvalue weighted by Gasteiger charge is -2.11. The van der Waals surface area contributed by atoms with E-state index in [1.807, 2.05) is 24.3 Å². The molecular formula is C12H15ClN3OS+. The highest BCUT2D eigenvalue weighted by atomic mass is 35.5. The zero-order valence-corrected chi connectivity index (χ0v) is 11.6. The van der Waals surface area contributed by atoms with Gasteiger partial charge in [-0.05, 0) is 29.5 Å². The molecule has 6 heteroatoms. The van der Waals surface area contributed by atoms with E-state index in [-0.39, 0.29) is 5.91 Å². The van der Waals surface area contributed by atoms with Crippen molar-refractivity contribution in [2.75, 3.05) is 13.6 Å². The fourth-order valence-electron chi connectivity index (χ4n) is 1.76. The SMILES string of the molecule is CN=C(SCc1cccc(Cl)c1)[NH+]1CCC(=O)N1. The van der Waals surface area contributed by atoms with Crippen molar-refractivity contribution < 1.29 is 9.80 Å². The molecule has 96 valence electrons. The smallest absolute Gasteiger partial charge is 0.270 e. The molecule has 1 aromatic carbocycles. The minimum atomic E-state index is 0.0782. The minimum Gasteiger partial charge on any atom is -0.270 e. The highest BCUT2D eigenvalue weighted by molar-refractivity contribution is 8.12. The van der Waals surface area contributed by atoms with Crippen LogP contribution in [0.2, 0.25) is 5.02 Å². The van der Waals surface area contributed by atoms with E-state index in [1.54, 1.807) is 18.8 Å². The number of thioether (sulfide) groups is 1. The molecule has 1 heterocycles. The van der Waals surface area contributed by atoms with Gasteiger partial charge < -0.3 is 0 Å². The Kier molecular flexibility index (Phi) is 4.63. The van der Waals surface area contributed by atoms with Gasteiger partial charge in [0.2, 0.25) is 0 Å². The fraction of sp³-hybridized carbons (Fsp3) is 0.333. The molecule has 2 rings (SSSR count). The Morgan fingerprint density at radius 3 is 3.06 bits per heavy atom. The second-order valence-corrected chi connectivity index (χ2v) is 5.37. The van der Waals surface area contributed by atoms with E-state index >= 15 is 0 Å². The lowest BCUT2D eigenvalue weighted by Crippen LogP contribution is -3.18. The van der Waals surface area contributed by atoms with Crippen LogP contribution in [0, 0.1) is 0 Å². The van der Waals surface area contributed by atoms with Crippen LogP contribution in [0.3, 0.4) is 0 Å². The van der Waals surface area contributed by atoms with E-state index in [2.05, 4.69) is 10.4 Å². The second-order valence-electron chi connectivity index (χ2n) is 3.97. The number of quaternary nitrogens is 1. The van der Waals surface area contributed by atoms with Crippen molar-refractivity contribution >= 4 is 34.4 Å². The Balaban J connectivity index is 1.94. The van der Waals surface area contributed by atoms with Crippen LogP contribution in [0.5, 0.6) is 0 Å². The summed E-state index contributed by atoms with van der Waals surface area (Å²) in [5.74, 6) is 0.876. The van der Waals surface area contributed by atoms with Crippen LogP contribution in [-0.2, 0) is 10.5 Å². The third-order valence-electron chi connectivity index (χ3n) is 2.62. The summed E-state index contributed by atoms with van der Waals surface area (Å²) >= 11 is 7.56. The van der Waals surface area contributed by atoms with Gasteiger partial charge in [-0.1, -0.05) is 23.7 Å². The summed E-state index contributed by atoms with van der Waals surface area (Å²) in [6.07, 6.45) is 0.562. The average molecular weight is 285 g/mol. The van der Waals surface area contributed by atoms with Gasteiger partial charge in [0.15, 0.2) is 0 Å². The van der Waals surface area contributed by atoms with Gasteiger partial charge >= 0.3 is 0 Å². The number of hydrogen-bond donors (Lipinski definition) is 2. The zero-order chi connectivity index (χ0) is 13.0. The number of amidine groups is 1. The molecule has 1 saturated heterocycles. The third-order valence-corrected chi connectivity index (χ3v) is 4.03. The molecule has 1 aliphatic heterocycles. The fourth-order valence-corrected chi connectivity index (χ4v) is 2.91. The Bertz CT molecular complexity index is 478. The molecule has 0 spiro atoms. The molecule has 0 bridgehead atoms. The molecule has 1 fully saturated rings. The van der Waals surface area contributed by atoms with Gasteiger partial charge in [-0.15, -0.1) is 0 Å². The van der Waals surface area contributed by atoms with Crippen LogP contribution in [0.25, 0.3) is 0 Å². The Morgan fingerprint density at radius 1 is 1.61 bits per heavy atom. The number of carbonyl (C=O) groups excluding carboxylic acids is 1. The van der Waals surface area contributed by atoms with Crippen LogP contribution >= 0.6 is 23.4 Å². The zero-order valence-electron chi connectivity index (χ0n) is 10.1. The topological polar surface area (TPSA) is 45.9 Å². The summed E-state index contributed by atoms with van der Waals surface area (Å²) < 4.78 is 0. The Labute approximate surface area is 115 Å². The van der Waals surface area contributed by atoms with Gasteiger partial charge in [0.25, 0.3) is 11.1 Å². The third kappa shape index (κ3) is 3.48. The maximum atomic E-state index is 11.2. The number of halogens is 1. The van der Waals surface area contributed by atoms with Crippen molar-refractivity contribution in [2.45, 2.75) is 12.2 Å². The van der Waals surface area contributed by atoms with E-state index in [0.29, 0.717) is 6.42 Å². The minimum absolute atomic E-state index is 0.0782. The first-order valence-electron chi connectivity index (χ1n) is 5.69. The molecule has 1 unspecified atom stereocenters. The first-order chi connectivity index (χ1) is 8.69. The van der Waals surface area contributed by atoms with E-state index in [9.17, 15) is 4.79 Å². The summed E-state index contributed by atoms with van der Waals surface area (Å²) in [6, 6.07) is 7.77. The predicted molar refractivity (Wildman–Crippen MR) is 74.7 cm³/mol. The Hall–Kier alpha value is -1.04. The first kappa shape index (κ1) is 13.4. The molecule has 0 radical (unpaired) electrons. The van der Waals surface area contributed by atoms with Crippen molar-refractivity contribution in [1.29, 1.82) is 0 Å². The molecule has 0 aromatic heterocycles. The largest absolute Gasteiger partial charge is 0.282 e. The van der Waals surface area contributed by atoms with Gasteiger partial charge in [0, 0.05) is 17.8 Å². The normalized spacial score (nSPS) is 20.0. The number of hydrogen-bond acceptors (Lipinski definition) is 3. The molecule has 0 saturated carbocycles. The quantitative estimate of drug-likeness (QED) is 0.626. The number of rotatable bonds is 2. The maximum Gasteiger partial charge on any atom is 0.282 e. The van der Waals surface area contributed by atoms with E-state index in [4.69, 9.17) is 11.6 Å². The van der Waals surface area contributed by atoms with Gasteiger partial charge in [-0.2, -0.15) is 10.4 Å². The number of benzene rings is 1. The summed E-state index contributed by atoms with van der Waals surface area (Å²) in [5.41, 5.74) is 4.00. The molecule has 18 heavy (non-hydrogen) atoms. The molecule has 1 atom stereocenters. The van der Waals surface area contributed by atoms with Crippen LogP contribution in [0.1, 0.15) is 12.0 Å². The van der Waals surface area contributed by atoms with Gasteiger partial charge in [0.05, 0.1) is 6.42 Å². The number of nitrogens with one attached hydrogen (secondary N) is 2. The molecule has 1 aliphatic rings. The van der Waals surface area contributed by atoms with E-state index < -0.39 is 0 Å². The summed E-state index contributed by atoms with van der Waals surface area (Å²) in [7, 11) is 1.75. The van der Waals surface area contributed by atoms with Gasteiger partial charge in [0.1, 0.15) is 6.54 Å². The van der Waals surface area contributed by atoms with Crippen LogP contribution in [-0.4, -0.2) is 24.7 Å². The average Bonchev–Trinajstić information content (AvgIpc) is 2.77. The van der Waals surface area contributed by atoms with E-state index in [0.717, 1.165) is 33.1 Å². The molecule has 4 nitrogen and oxygen atoms in total. The monoisotopic (exact) mass is 284 g/mol. The molecular weight excluding hydrogens is 270 g/mol. The highest BCUT2D eigenvalue weighted by Gasteiger charge is 2.27. The lowest BCUT2D eigenvalue weighted by molar-refractivity contribution is -0.830. The van der Waals surface area contributed by atoms with Crippen LogP contribution < -0.4 is 10.4 Å². The number of carbonyl (C=O) groups is 1. The van der Waals surface area contributed by atoms with Crippen molar-refractivity contribution in [3.63, 3.8) is 0 Å². The standard InChI is InChI=1S/C12H14ClN3OS/c1-14-12(16-6-5-11(17)15-16)18-8-9-3-2-4-10(13)7-9/h2-4,7H,5-6,8H2,1H3,(H,15,17)/p+1. The number of aliphatic imine (C=N–C) groups is 1. The molecule has 1 aromatic rings. The number of amides is 1. The maximum absolute atomic E-state index is 11.2.